The molecule has 33 heavy (non-hydrogen) atoms. The average molecular weight is 467 g/mol. The lowest BCUT2D eigenvalue weighted by atomic mass is 10.1. The first kappa shape index (κ1) is 22.7. The van der Waals surface area contributed by atoms with Gasteiger partial charge in [0, 0.05) is 5.56 Å². The van der Waals surface area contributed by atoms with E-state index in [1.165, 1.54) is 6.07 Å². The van der Waals surface area contributed by atoms with Crippen molar-refractivity contribution in [3.8, 4) is 34.3 Å². The van der Waals surface area contributed by atoms with Crippen molar-refractivity contribution in [1.82, 2.24) is 20.2 Å². The number of hydrogen-bond donors (Lipinski definition) is 0. The predicted octanol–water partition coefficient (Wildman–Crippen LogP) is 5.27. The fourth-order valence-electron chi connectivity index (χ4n) is 3.46. The summed E-state index contributed by atoms with van der Waals surface area (Å²) in [5, 5.41) is 7.52. The van der Waals surface area contributed by atoms with Gasteiger partial charge < -0.3 is 4.42 Å². The summed E-state index contributed by atoms with van der Waals surface area (Å²) >= 11 is 0. The van der Waals surface area contributed by atoms with Crippen LogP contribution in [0.5, 0.6) is 0 Å². The van der Waals surface area contributed by atoms with Crippen molar-refractivity contribution in [2.75, 3.05) is 0 Å². The van der Waals surface area contributed by atoms with Gasteiger partial charge in [0.1, 0.15) is 11.5 Å². The third-order valence-corrected chi connectivity index (χ3v) is 7.62. The van der Waals surface area contributed by atoms with E-state index in [0.717, 1.165) is 6.42 Å². The molecule has 1 unspecified atom stereocenters. The average Bonchev–Trinajstić information content (AvgIpc) is 3.30. The largest absolute Gasteiger partial charge is 0.414 e. The van der Waals surface area contributed by atoms with E-state index >= 15 is 0 Å². The van der Waals surface area contributed by atoms with Crippen LogP contribution in [0, 0.1) is 12.7 Å². The summed E-state index contributed by atoms with van der Waals surface area (Å²) in [6, 6.07) is 12.7. The molecule has 0 saturated carbocycles. The Labute approximate surface area is 191 Å². The van der Waals surface area contributed by atoms with Crippen LogP contribution < -0.4 is 0 Å². The minimum atomic E-state index is -3.39. The third kappa shape index (κ3) is 4.54. The lowest BCUT2D eigenvalue weighted by Gasteiger charge is -2.12. The summed E-state index contributed by atoms with van der Waals surface area (Å²) in [5.74, 6) is -0.300. The van der Waals surface area contributed by atoms with Crippen LogP contribution in [-0.2, 0) is 9.84 Å². The number of nitrogens with zero attached hydrogens (tertiary/aromatic N) is 4. The molecule has 0 bridgehead atoms. The fraction of sp³-hybridized carbons (Fsp3) is 0.250. The molecule has 2 aromatic heterocycles. The molecule has 0 fully saturated rings. The minimum Gasteiger partial charge on any atom is -0.414 e. The summed E-state index contributed by atoms with van der Waals surface area (Å²) < 4.78 is 45.2. The van der Waals surface area contributed by atoms with Gasteiger partial charge >= 0.3 is 0 Å². The number of aromatic nitrogens is 4. The monoisotopic (exact) mass is 466 g/mol. The maximum absolute atomic E-state index is 14.1. The molecule has 170 valence electrons. The number of sulfone groups is 1. The molecule has 4 aromatic rings. The Hall–Kier alpha value is -3.46. The second kappa shape index (κ2) is 9.19. The Bertz CT molecular complexity index is 1390. The molecule has 2 heterocycles. The van der Waals surface area contributed by atoms with Crippen molar-refractivity contribution in [2.45, 2.75) is 43.8 Å². The summed E-state index contributed by atoms with van der Waals surface area (Å²) in [6.07, 6.45) is 3.00. The number of benzene rings is 2. The van der Waals surface area contributed by atoms with Crippen molar-refractivity contribution in [2.24, 2.45) is 0 Å². The second-order valence-corrected chi connectivity index (χ2v) is 10.1. The van der Waals surface area contributed by atoms with E-state index in [1.807, 2.05) is 6.92 Å². The predicted molar refractivity (Wildman–Crippen MR) is 122 cm³/mol. The summed E-state index contributed by atoms with van der Waals surface area (Å²) in [4.78, 5) is 9.25. The lowest BCUT2D eigenvalue weighted by molar-refractivity contribution is 0.568. The summed E-state index contributed by atoms with van der Waals surface area (Å²) in [6.45, 7) is 5.44. The van der Waals surface area contributed by atoms with Gasteiger partial charge in [-0.1, -0.05) is 37.6 Å². The van der Waals surface area contributed by atoms with Crippen molar-refractivity contribution >= 4 is 9.84 Å². The van der Waals surface area contributed by atoms with Crippen molar-refractivity contribution in [3.63, 3.8) is 0 Å². The maximum atomic E-state index is 14.1. The van der Waals surface area contributed by atoms with Crippen LogP contribution in [0.3, 0.4) is 0 Å². The van der Waals surface area contributed by atoms with E-state index in [1.54, 1.807) is 62.5 Å². The number of aryl methyl sites for hydroxylation is 1. The lowest BCUT2D eigenvalue weighted by Crippen LogP contribution is -2.17. The van der Waals surface area contributed by atoms with E-state index in [4.69, 9.17) is 4.42 Å². The van der Waals surface area contributed by atoms with Gasteiger partial charge in [-0.05, 0) is 44.5 Å². The van der Waals surface area contributed by atoms with Crippen LogP contribution in [0.2, 0.25) is 0 Å². The molecule has 2 aromatic carbocycles. The fourth-order valence-corrected chi connectivity index (χ4v) is 4.99. The van der Waals surface area contributed by atoms with Crippen LogP contribution >= 0.6 is 0 Å². The van der Waals surface area contributed by atoms with Gasteiger partial charge in [0.15, 0.2) is 9.84 Å². The van der Waals surface area contributed by atoms with Crippen molar-refractivity contribution in [3.05, 3.63) is 66.2 Å². The molecule has 1 atom stereocenters. The first-order valence-corrected chi connectivity index (χ1v) is 12.1. The second-order valence-electron chi connectivity index (χ2n) is 7.75. The summed E-state index contributed by atoms with van der Waals surface area (Å²) in [7, 11) is -3.39. The Morgan fingerprint density at radius 3 is 2.42 bits per heavy atom. The van der Waals surface area contributed by atoms with E-state index in [2.05, 4.69) is 20.2 Å². The molecule has 0 radical (unpaired) electrons. The molecule has 0 N–H and O–H groups in total. The van der Waals surface area contributed by atoms with Crippen LogP contribution in [0.25, 0.3) is 34.3 Å². The zero-order valence-electron chi connectivity index (χ0n) is 18.5. The summed E-state index contributed by atoms with van der Waals surface area (Å²) in [5.41, 5.74) is 2.35. The highest BCUT2D eigenvalue weighted by Crippen LogP contribution is 2.28. The number of halogens is 1. The highest BCUT2D eigenvalue weighted by molar-refractivity contribution is 7.92. The molecule has 0 saturated heterocycles. The number of hydrogen-bond acceptors (Lipinski definition) is 7. The molecule has 0 aliphatic carbocycles. The van der Waals surface area contributed by atoms with Crippen molar-refractivity contribution in [1.29, 1.82) is 0 Å². The Balaban J connectivity index is 1.66. The first-order valence-electron chi connectivity index (χ1n) is 10.6. The van der Waals surface area contributed by atoms with E-state index in [-0.39, 0.29) is 22.2 Å². The molecule has 0 spiro atoms. The van der Waals surface area contributed by atoms with Gasteiger partial charge in [-0.3, -0.25) is 4.98 Å². The quantitative estimate of drug-likeness (QED) is 0.366. The molecular weight excluding hydrogens is 443 g/mol. The molecule has 0 aliphatic rings. The first-order chi connectivity index (χ1) is 15.8. The molecule has 0 amide bonds. The Morgan fingerprint density at radius 1 is 1.03 bits per heavy atom. The van der Waals surface area contributed by atoms with Crippen LogP contribution in [0.15, 0.2) is 64.0 Å². The zero-order chi connectivity index (χ0) is 23.6. The van der Waals surface area contributed by atoms with Crippen LogP contribution in [0.1, 0.15) is 32.4 Å². The molecule has 0 aliphatic heterocycles. The molecular formula is C24H23FN4O3S. The van der Waals surface area contributed by atoms with Gasteiger partial charge in [-0.25, -0.2) is 17.8 Å². The van der Waals surface area contributed by atoms with Gasteiger partial charge in [-0.15, -0.1) is 10.2 Å². The van der Waals surface area contributed by atoms with Gasteiger partial charge in [0.05, 0.1) is 33.3 Å². The molecule has 7 nitrogen and oxygen atoms in total. The standard InChI is InChI=1S/C24H23FN4O3S/c1-4-7-15(2)33(30,31)18-12-10-17(11-13-18)21-14-26-16(3)22(27-21)24-29-28-23(32-24)19-8-5-6-9-20(19)25/h5-6,8-15H,4,7H2,1-3H3. The van der Waals surface area contributed by atoms with Crippen LogP contribution in [0.4, 0.5) is 4.39 Å². The maximum Gasteiger partial charge on any atom is 0.268 e. The molecule has 9 heteroatoms. The highest BCUT2D eigenvalue weighted by atomic mass is 32.2. The SMILES string of the molecule is CCCC(C)S(=O)(=O)c1ccc(-c2cnc(C)c(-c3nnc(-c4ccccc4F)o3)n2)cc1. The highest BCUT2D eigenvalue weighted by Gasteiger charge is 2.23. The topological polar surface area (TPSA) is 98.8 Å². The zero-order valence-corrected chi connectivity index (χ0v) is 19.3. The van der Waals surface area contributed by atoms with Crippen molar-refractivity contribution < 1.29 is 17.2 Å². The Kier molecular flexibility index (Phi) is 6.33. The van der Waals surface area contributed by atoms with E-state index in [0.29, 0.717) is 29.1 Å². The van der Waals surface area contributed by atoms with Gasteiger partial charge in [0.25, 0.3) is 11.8 Å². The minimum absolute atomic E-state index is 0.0467. The van der Waals surface area contributed by atoms with Gasteiger partial charge in [0.2, 0.25) is 0 Å². The van der Waals surface area contributed by atoms with Crippen LogP contribution in [-0.4, -0.2) is 33.8 Å². The third-order valence-electron chi connectivity index (χ3n) is 5.39. The van der Waals surface area contributed by atoms with E-state index in [9.17, 15) is 12.8 Å². The number of rotatable bonds is 7. The normalized spacial score (nSPS) is 12.6. The Morgan fingerprint density at radius 2 is 1.73 bits per heavy atom. The molecule has 4 rings (SSSR count). The van der Waals surface area contributed by atoms with Gasteiger partial charge in [-0.2, -0.15) is 0 Å². The van der Waals surface area contributed by atoms with E-state index < -0.39 is 20.9 Å². The smallest absolute Gasteiger partial charge is 0.268 e.